The van der Waals surface area contributed by atoms with Gasteiger partial charge in [-0.15, -0.1) is 0 Å². The molecule has 3 rings (SSSR count). The molecular formula is C14H17LiN4O2. The molecule has 0 atom stereocenters. The molecule has 0 saturated carbocycles. The molecule has 0 amide bonds. The third kappa shape index (κ3) is 3.29. The second-order valence-corrected chi connectivity index (χ2v) is 5.21. The topological polar surface area (TPSA) is 73.6 Å². The Morgan fingerprint density at radius 3 is 2.76 bits per heavy atom. The van der Waals surface area contributed by atoms with Gasteiger partial charge in [-0.1, -0.05) is 6.92 Å². The van der Waals surface area contributed by atoms with Crippen LogP contribution in [0.15, 0.2) is 18.5 Å². The van der Waals surface area contributed by atoms with E-state index in [1.807, 2.05) is 6.07 Å². The van der Waals surface area contributed by atoms with Crippen LogP contribution < -0.4 is 24.0 Å². The van der Waals surface area contributed by atoms with Gasteiger partial charge in [0.1, 0.15) is 0 Å². The number of nitrogens with zero attached hydrogens (tertiary/aromatic N) is 4. The Bertz CT molecular complexity index is 635. The Labute approximate surface area is 135 Å². The van der Waals surface area contributed by atoms with Crippen molar-refractivity contribution in [1.29, 1.82) is 0 Å². The molecule has 1 saturated heterocycles. The van der Waals surface area contributed by atoms with Crippen LogP contribution in [0.1, 0.15) is 41.7 Å². The first-order valence-corrected chi connectivity index (χ1v) is 6.96. The van der Waals surface area contributed by atoms with Crippen molar-refractivity contribution in [2.45, 2.75) is 25.7 Å². The van der Waals surface area contributed by atoms with Crippen molar-refractivity contribution in [1.82, 2.24) is 19.5 Å². The van der Waals surface area contributed by atoms with E-state index in [1.54, 1.807) is 0 Å². The fraction of sp³-hybridized carbons (Fsp3) is 0.500. The van der Waals surface area contributed by atoms with Crippen LogP contribution in [-0.2, 0) is 0 Å². The normalized spacial score (nSPS) is 16.8. The molecule has 3 heterocycles. The number of hydrogen-bond acceptors (Lipinski definition) is 5. The van der Waals surface area contributed by atoms with Crippen molar-refractivity contribution in [3.8, 4) is 0 Å². The minimum atomic E-state index is -1.23. The quantitative estimate of drug-likeness (QED) is 0.572. The first-order chi connectivity index (χ1) is 9.67. The van der Waals surface area contributed by atoms with Crippen LogP contribution in [0.4, 0.5) is 0 Å². The van der Waals surface area contributed by atoms with Crippen molar-refractivity contribution in [2.75, 3.05) is 19.6 Å². The summed E-state index contributed by atoms with van der Waals surface area (Å²) >= 11 is 0. The van der Waals surface area contributed by atoms with Crippen molar-refractivity contribution >= 4 is 11.6 Å². The van der Waals surface area contributed by atoms with Crippen LogP contribution in [0.25, 0.3) is 5.65 Å². The first-order valence-electron chi connectivity index (χ1n) is 6.96. The number of carbonyl (C=O) groups excluding carboxylic acids is 1. The number of fused-ring (bicyclic) bond motifs is 1. The summed E-state index contributed by atoms with van der Waals surface area (Å²) in [5.74, 6) is -0.793. The molecule has 1 fully saturated rings. The van der Waals surface area contributed by atoms with Crippen LogP contribution >= 0.6 is 0 Å². The summed E-state index contributed by atoms with van der Waals surface area (Å²) < 4.78 is 1.53. The fourth-order valence-electron chi connectivity index (χ4n) is 2.74. The zero-order valence-corrected chi connectivity index (χ0v) is 12.5. The van der Waals surface area contributed by atoms with Gasteiger partial charge in [-0.2, -0.15) is 5.10 Å². The molecular weight excluding hydrogens is 263 g/mol. The van der Waals surface area contributed by atoms with Gasteiger partial charge in [-0.05, 0) is 32.5 Å². The predicted molar refractivity (Wildman–Crippen MR) is 71.4 cm³/mol. The smallest absolute Gasteiger partial charge is 0.545 e. The van der Waals surface area contributed by atoms with Crippen LogP contribution in [-0.4, -0.2) is 45.1 Å². The number of hydrogen-bond donors (Lipinski definition) is 0. The van der Waals surface area contributed by atoms with E-state index < -0.39 is 5.97 Å². The summed E-state index contributed by atoms with van der Waals surface area (Å²) in [4.78, 5) is 17.4. The second-order valence-electron chi connectivity index (χ2n) is 5.21. The molecule has 6 nitrogen and oxygen atoms in total. The van der Waals surface area contributed by atoms with E-state index in [1.165, 1.54) is 16.9 Å². The third-order valence-electron chi connectivity index (χ3n) is 4.02. The molecule has 0 bridgehead atoms. The minimum Gasteiger partial charge on any atom is -0.545 e. The van der Waals surface area contributed by atoms with Gasteiger partial charge in [-0.3, -0.25) is 0 Å². The van der Waals surface area contributed by atoms with E-state index in [-0.39, 0.29) is 24.4 Å². The van der Waals surface area contributed by atoms with Gasteiger partial charge in [0.25, 0.3) is 0 Å². The summed E-state index contributed by atoms with van der Waals surface area (Å²) in [6, 6.07) is 1.95. The summed E-state index contributed by atoms with van der Waals surface area (Å²) in [6.07, 6.45) is 4.95. The van der Waals surface area contributed by atoms with E-state index >= 15 is 0 Å². The molecule has 0 unspecified atom stereocenters. The molecule has 0 radical (unpaired) electrons. The van der Waals surface area contributed by atoms with E-state index in [9.17, 15) is 9.90 Å². The Morgan fingerprint density at radius 2 is 2.14 bits per heavy atom. The second kappa shape index (κ2) is 6.61. The zero-order chi connectivity index (χ0) is 14.1. The van der Waals surface area contributed by atoms with Crippen molar-refractivity contribution in [2.24, 2.45) is 0 Å². The molecule has 2 aromatic heterocycles. The van der Waals surface area contributed by atoms with Gasteiger partial charge in [-0.25, -0.2) is 9.50 Å². The summed E-state index contributed by atoms with van der Waals surface area (Å²) in [6.45, 7) is 5.45. The van der Waals surface area contributed by atoms with Gasteiger partial charge in [0.15, 0.2) is 5.65 Å². The van der Waals surface area contributed by atoms with Crippen LogP contribution in [0, 0.1) is 0 Å². The number of likely N-dealkylation sites (tertiary alicyclic amines) is 1. The summed E-state index contributed by atoms with van der Waals surface area (Å²) in [5.41, 5.74) is 1.74. The van der Waals surface area contributed by atoms with Gasteiger partial charge in [0, 0.05) is 29.9 Å². The Hall–Kier alpha value is -1.35. The maximum atomic E-state index is 10.8. The molecule has 106 valence electrons. The van der Waals surface area contributed by atoms with Gasteiger partial charge in [0.05, 0.1) is 11.7 Å². The van der Waals surface area contributed by atoms with Crippen molar-refractivity contribution in [3.63, 3.8) is 0 Å². The van der Waals surface area contributed by atoms with E-state index in [2.05, 4.69) is 21.9 Å². The van der Waals surface area contributed by atoms with Crippen LogP contribution in [0.5, 0.6) is 0 Å². The van der Waals surface area contributed by atoms with Crippen LogP contribution in [0.2, 0.25) is 0 Å². The first kappa shape index (κ1) is 16.0. The fourth-order valence-corrected chi connectivity index (χ4v) is 2.74. The minimum absolute atomic E-state index is 0. The standard InChI is InChI=1S/C14H18N4O2.Li/c1-2-17-5-3-10(4-6-17)12-7-13-15-8-11(14(19)20)9-18(13)16-12;/h7-10H,2-6H2,1H3,(H,19,20);/q;+1/p-1. The molecule has 0 aromatic carbocycles. The molecule has 0 aliphatic carbocycles. The Balaban J connectivity index is 0.00000161. The molecule has 2 aromatic rings. The number of carboxylic acid groups (broad SMARTS) is 1. The Morgan fingerprint density at radius 1 is 1.43 bits per heavy atom. The maximum Gasteiger partial charge on any atom is 1.00 e. The molecule has 1 aliphatic rings. The van der Waals surface area contributed by atoms with Gasteiger partial charge >= 0.3 is 18.9 Å². The number of rotatable bonds is 3. The number of aromatic nitrogens is 3. The predicted octanol–water partition coefficient (Wildman–Crippen LogP) is -2.70. The molecule has 1 aliphatic heterocycles. The van der Waals surface area contributed by atoms with Crippen molar-refractivity contribution < 1.29 is 28.8 Å². The van der Waals surface area contributed by atoms with Crippen molar-refractivity contribution in [3.05, 3.63) is 29.7 Å². The SMILES string of the molecule is CCN1CCC(c2cc3ncc(C(=O)[O-])cn3n2)CC1.[Li+]. The average molecular weight is 280 g/mol. The maximum absolute atomic E-state index is 10.8. The van der Waals surface area contributed by atoms with E-state index in [0.717, 1.165) is 38.2 Å². The van der Waals surface area contributed by atoms with Gasteiger partial charge < -0.3 is 14.8 Å². The number of piperidine rings is 1. The zero-order valence-electron chi connectivity index (χ0n) is 12.5. The van der Waals surface area contributed by atoms with E-state index in [4.69, 9.17) is 0 Å². The number of aromatic carboxylic acids is 1. The molecule has 21 heavy (non-hydrogen) atoms. The number of carbonyl (C=O) groups is 1. The molecule has 0 N–H and O–H groups in total. The average Bonchev–Trinajstić information content (AvgIpc) is 2.90. The molecule has 7 heteroatoms. The summed E-state index contributed by atoms with van der Waals surface area (Å²) in [7, 11) is 0. The largest absolute Gasteiger partial charge is 1.00 e. The van der Waals surface area contributed by atoms with Crippen LogP contribution in [0.3, 0.4) is 0 Å². The van der Waals surface area contributed by atoms with E-state index in [0.29, 0.717) is 11.6 Å². The number of carboxylic acids is 1. The molecule has 0 spiro atoms. The monoisotopic (exact) mass is 280 g/mol. The Kier molecular flexibility index (Phi) is 5.04. The third-order valence-corrected chi connectivity index (χ3v) is 4.02. The summed E-state index contributed by atoms with van der Waals surface area (Å²) in [5, 5.41) is 15.3. The van der Waals surface area contributed by atoms with Gasteiger partial charge in [0.2, 0.25) is 0 Å².